The molecule has 3 fully saturated rings. The molecule has 0 spiro atoms. The number of halogens is 1. The van der Waals surface area contributed by atoms with Gasteiger partial charge in [0.05, 0.1) is 17.6 Å². The van der Waals surface area contributed by atoms with E-state index in [4.69, 9.17) is 11.6 Å². The Balaban J connectivity index is 1.66. The van der Waals surface area contributed by atoms with Gasteiger partial charge < -0.3 is 4.57 Å². The summed E-state index contributed by atoms with van der Waals surface area (Å²) in [5.74, 6) is 5.30. The van der Waals surface area contributed by atoms with Crippen LogP contribution in [0, 0.1) is 23.7 Å². The van der Waals surface area contributed by atoms with Gasteiger partial charge in [-0.05, 0) is 49.0 Å². The highest BCUT2D eigenvalue weighted by Gasteiger charge is 2.66. The van der Waals surface area contributed by atoms with Crippen LogP contribution in [0.15, 0.2) is 18.5 Å². The van der Waals surface area contributed by atoms with Crippen molar-refractivity contribution in [3.8, 4) is 0 Å². The Morgan fingerprint density at radius 3 is 2.79 bits per heavy atom. The normalized spacial score (nSPS) is 38.9. The van der Waals surface area contributed by atoms with Gasteiger partial charge in [-0.15, -0.1) is 11.6 Å². The summed E-state index contributed by atoms with van der Waals surface area (Å²) in [6, 6.07) is 2.77. The lowest BCUT2D eigenvalue weighted by Crippen LogP contribution is -2.07. The molecule has 0 aliphatic heterocycles. The van der Waals surface area contributed by atoms with Crippen LogP contribution in [0.25, 0.3) is 11.0 Å². The van der Waals surface area contributed by atoms with Gasteiger partial charge in [-0.25, -0.2) is 4.98 Å². The van der Waals surface area contributed by atoms with Gasteiger partial charge >= 0.3 is 0 Å². The smallest absolute Gasteiger partial charge is 0.125 e. The maximum absolute atomic E-state index is 6.12. The number of nitrogens with zero attached hydrogens (tertiary/aromatic N) is 3. The summed E-state index contributed by atoms with van der Waals surface area (Å²) in [5.41, 5.74) is 2.22. The Bertz CT molecular complexity index is 648. The van der Waals surface area contributed by atoms with Crippen LogP contribution >= 0.6 is 11.6 Å². The Morgan fingerprint density at radius 2 is 2.05 bits per heavy atom. The molecule has 2 aromatic heterocycles. The minimum absolute atomic E-state index is 0.500. The third-order valence-corrected chi connectivity index (χ3v) is 5.92. The minimum atomic E-state index is 0.500. The molecule has 0 N–H and O–H groups in total. The molecule has 0 amide bonds. The van der Waals surface area contributed by atoms with Gasteiger partial charge in [0.1, 0.15) is 11.3 Å². The summed E-state index contributed by atoms with van der Waals surface area (Å²) in [6.45, 7) is 0. The third-order valence-electron chi connectivity index (χ3n) is 5.68. The second kappa shape index (κ2) is 3.51. The van der Waals surface area contributed by atoms with E-state index >= 15 is 0 Å². The van der Waals surface area contributed by atoms with E-state index in [1.165, 1.54) is 24.8 Å². The maximum Gasteiger partial charge on any atom is 0.125 e. The first kappa shape index (κ1) is 10.7. The van der Waals surface area contributed by atoms with Gasteiger partial charge in [-0.2, -0.15) is 0 Å². The second-order valence-corrected chi connectivity index (χ2v) is 6.64. The van der Waals surface area contributed by atoms with E-state index in [1.54, 1.807) is 0 Å². The molecule has 4 unspecified atom stereocenters. The van der Waals surface area contributed by atoms with Gasteiger partial charge in [-0.1, -0.05) is 0 Å². The first-order valence-electron chi connectivity index (χ1n) is 7.25. The summed E-state index contributed by atoms with van der Waals surface area (Å²) < 4.78 is 2.43. The molecule has 2 heterocycles. The standard InChI is InChI=1S/C15H16ClN3/c16-6-12-18-10-7-17-4-3-11(10)19(12)15-13-8-1-2-9(5-8)14(13)15/h3-4,7-9,13-15H,1-2,5-6H2. The van der Waals surface area contributed by atoms with Crippen LogP contribution in [0.5, 0.6) is 0 Å². The van der Waals surface area contributed by atoms with Gasteiger partial charge in [0.2, 0.25) is 0 Å². The summed E-state index contributed by atoms with van der Waals surface area (Å²) in [5, 5.41) is 0. The molecule has 3 nitrogen and oxygen atoms in total. The molecule has 0 aromatic carbocycles. The fraction of sp³-hybridized carbons (Fsp3) is 0.600. The zero-order valence-corrected chi connectivity index (χ0v) is 11.4. The van der Waals surface area contributed by atoms with E-state index < -0.39 is 0 Å². The quantitative estimate of drug-likeness (QED) is 0.786. The van der Waals surface area contributed by atoms with Gasteiger partial charge in [0, 0.05) is 12.2 Å². The highest BCUT2D eigenvalue weighted by Crippen LogP contribution is 2.71. The van der Waals surface area contributed by atoms with Crippen molar-refractivity contribution in [3.63, 3.8) is 0 Å². The fourth-order valence-electron chi connectivity index (χ4n) is 5.05. The topological polar surface area (TPSA) is 30.7 Å². The minimum Gasteiger partial charge on any atom is -0.323 e. The van der Waals surface area contributed by atoms with Crippen molar-refractivity contribution in [1.82, 2.24) is 14.5 Å². The van der Waals surface area contributed by atoms with Crippen molar-refractivity contribution in [2.75, 3.05) is 0 Å². The van der Waals surface area contributed by atoms with Crippen molar-refractivity contribution in [3.05, 3.63) is 24.3 Å². The molecule has 2 aromatic rings. The number of fused-ring (bicyclic) bond motifs is 6. The molecule has 98 valence electrons. The third kappa shape index (κ3) is 1.25. The molecule has 0 radical (unpaired) electrons. The Hall–Kier alpha value is -1.09. The van der Waals surface area contributed by atoms with Crippen LogP contribution < -0.4 is 0 Å². The number of hydrogen-bond donors (Lipinski definition) is 0. The van der Waals surface area contributed by atoms with Crippen molar-refractivity contribution >= 4 is 22.6 Å². The molecule has 4 heteroatoms. The monoisotopic (exact) mass is 273 g/mol. The van der Waals surface area contributed by atoms with Crippen LogP contribution in [-0.2, 0) is 5.88 Å². The number of imidazole rings is 1. The number of rotatable bonds is 2. The predicted octanol–water partition coefficient (Wildman–Crippen LogP) is 3.39. The lowest BCUT2D eigenvalue weighted by molar-refractivity contribution is 0.454. The number of pyridine rings is 1. The van der Waals surface area contributed by atoms with E-state index in [0.29, 0.717) is 11.9 Å². The second-order valence-electron chi connectivity index (χ2n) is 6.37. The molecule has 4 atom stereocenters. The van der Waals surface area contributed by atoms with Crippen molar-refractivity contribution in [1.29, 1.82) is 0 Å². The van der Waals surface area contributed by atoms with E-state index in [0.717, 1.165) is 35.0 Å². The lowest BCUT2D eigenvalue weighted by Gasteiger charge is -2.13. The molecule has 19 heavy (non-hydrogen) atoms. The first-order valence-corrected chi connectivity index (χ1v) is 7.78. The molecular weight excluding hydrogens is 258 g/mol. The molecule has 5 rings (SSSR count). The zero-order chi connectivity index (χ0) is 12.6. The largest absolute Gasteiger partial charge is 0.323 e. The summed E-state index contributed by atoms with van der Waals surface area (Å²) >= 11 is 6.12. The van der Waals surface area contributed by atoms with E-state index in [2.05, 4.69) is 20.6 Å². The molecule has 3 aliphatic carbocycles. The number of hydrogen-bond acceptors (Lipinski definition) is 2. The highest BCUT2D eigenvalue weighted by molar-refractivity contribution is 6.16. The average Bonchev–Trinajstić information content (AvgIpc) is 2.83. The lowest BCUT2D eigenvalue weighted by atomic mass is 10.0. The average molecular weight is 274 g/mol. The highest BCUT2D eigenvalue weighted by atomic mass is 35.5. The fourth-order valence-corrected chi connectivity index (χ4v) is 5.24. The van der Waals surface area contributed by atoms with Crippen LogP contribution in [0.1, 0.15) is 31.1 Å². The molecule has 3 aliphatic rings. The van der Waals surface area contributed by atoms with Crippen LogP contribution in [0.2, 0.25) is 0 Å². The Labute approximate surface area is 117 Å². The predicted molar refractivity (Wildman–Crippen MR) is 73.9 cm³/mol. The Kier molecular flexibility index (Phi) is 1.97. The molecule has 2 bridgehead atoms. The van der Waals surface area contributed by atoms with Crippen molar-refractivity contribution < 1.29 is 0 Å². The summed E-state index contributed by atoms with van der Waals surface area (Å²) in [7, 11) is 0. The number of alkyl halides is 1. The van der Waals surface area contributed by atoms with Gasteiger partial charge in [-0.3, -0.25) is 4.98 Å². The van der Waals surface area contributed by atoms with Gasteiger partial charge in [0.25, 0.3) is 0 Å². The zero-order valence-electron chi connectivity index (χ0n) is 10.7. The summed E-state index contributed by atoms with van der Waals surface area (Å²) in [6.07, 6.45) is 8.11. The Morgan fingerprint density at radius 1 is 1.26 bits per heavy atom. The SMILES string of the molecule is ClCc1nc2cnccc2n1C1C2C3CCC(C3)C21. The van der Waals surface area contributed by atoms with Gasteiger partial charge in [0.15, 0.2) is 0 Å². The molecular formula is C15H16ClN3. The van der Waals surface area contributed by atoms with Crippen LogP contribution in [0.4, 0.5) is 0 Å². The van der Waals surface area contributed by atoms with E-state index in [9.17, 15) is 0 Å². The molecule has 0 saturated heterocycles. The summed E-state index contributed by atoms with van der Waals surface area (Å²) in [4.78, 5) is 8.84. The molecule has 3 saturated carbocycles. The van der Waals surface area contributed by atoms with E-state index in [-0.39, 0.29) is 0 Å². The maximum atomic E-state index is 6.12. The van der Waals surface area contributed by atoms with Crippen molar-refractivity contribution in [2.24, 2.45) is 23.7 Å². The van der Waals surface area contributed by atoms with Crippen LogP contribution in [-0.4, -0.2) is 14.5 Å². The van der Waals surface area contributed by atoms with Crippen molar-refractivity contribution in [2.45, 2.75) is 31.2 Å². The first-order chi connectivity index (χ1) is 9.38. The van der Waals surface area contributed by atoms with E-state index in [1.807, 2.05) is 12.4 Å². The number of aromatic nitrogens is 3. The van der Waals surface area contributed by atoms with Crippen LogP contribution in [0.3, 0.4) is 0 Å².